The molecule has 2 heterocycles. The Kier molecular flexibility index (Phi) is 11.4. The van der Waals surface area contributed by atoms with Gasteiger partial charge in [0.25, 0.3) is 5.91 Å². The molecule has 2 fully saturated rings. The molecule has 3 aromatic carbocycles. The molecule has 240 valence electrons. The predicted molar refractivity (Wildman–Crippen MR) is 167 cm³/mol. The number of hydrogen-bond donors (Lipinski definition) is 2. The number of carbonyl (C=O) groups excluding carboxylic acids is 3. The van der Waals surface area contributed by atoms with E-state index in [1.807, 2.05) is 25.2 Å². The van der Waals surface area contributed by atoms with Crippen LogP contribution in [0.4, 0.5) is 24.5 Å². The molecule has 3 N–H and O–H groups in total. The maximum Gasteiger partial charge on any atom is 0.573 e. The highest BCUT2D eigenvalue weighted by Crippen LogP contribution is 2.26. The van der Waals surface area contributed by atoms with E-state index in [2.05, 4.69) is 26.9 Å². The van der Waals surface area contributed by atoms with E-state index in [-0.39, 0.29) is 29.0 Å². The van der Waals surface area contributed by atoms with Gasteiger partial charge in [-0.2, -0.15) is 0 Å². The molecule has 0 radical (unpaired) electrons. The van der Waals surface area contributed by atoms with Crippen LogP contribution in [0.2, 0.25) is 0 Å². The molecular formula is C34H39F3N4O4. The SMILES string of the molecule is CN1CCC(C(=O)c2cccc(N)c2)CC1.CN1CCC(C(=O)c2cccc(NC(=O)c3cccc(OC(F)(F)F)c3)c2)CC1. The van der Waals surface area contributed by atoms with Crippen LogP contribution in [0, 0.1) is 11.8 Å². The minimum atomic E-state index is -4.84. The van der Waals surface area contributed by atoms with Gasteiger partial charge in [-0.15, -0.1) is 13.2 Å². The van der Waals surface area contributed by atoms with Crippen LogP contribution in [-0.2, 0) is 0 Å². The monoisotopic (exact) mass is 624 g/mol. The number of likely N-dealkylation sites (tertiary alicyclic amines) is 2. The normalized spacial score (nSPS) is 16.7. The number of carbonyl (C=O) groups is 3. The van der Waals surface area contributed by atoms with Crippen LogP contribution in [0.5, 0.6) is 5.75 Å². The number of nitrogen functional groups attached to an aromatic ring is 1. The number of alkyl halides is 3. The van der Waals surface area contributed by atoms with E-state index in [0.717, 1.165) is 69.6 Å². The van der Waals surface area contributed by atoms with Gasteiger partial charge in [-0.1, -0.05) is 30.3 Å². The summed E-state index contributed by atoms with van der Waals surface area (Å²) >= 11 is 0. The topological polar surface area (TPSA) is 105 Å². The summed E-state index contributed by atoms with van der Waals surface area (Å²) in [4.78, 5) is 41.8. The highest BCUT2D eigenvalue weighted by molar-refractivity contribution is 6.05. The zero-order valence-corrected chi connectivity index (χ0v) is 25.5. The number of ketones is 2. The van der Waals surface area contributed by atoms with Gasteiger partial charge in [0.2, 0.25) is 0 Å². The Morgan fingerprint density at radius 3 is 1.76 bits per heavy atom. The van der Waals surface area contributed by atoms with Gasteiger partial charge in [0.1, 0.15) is 5.75 Å². The molecule has 2 aliphatic rings. The first-order valence-corrected chi connectivity index (χ1v) is 15.0. The van der Waals surface area contributed by atoms with Gasteiger partial charge in [-0.3, -0.25) is 14.4 Å². The first-order chi connectivity index (χ1) is 21.4. The Balaban J connectivity index is 0.000000242. The van der Waals surface area contributed by atoms with Crippen molar-refractivity contribution >= 4 is 28.8 Å². The summed E-state index contributed by atoms with van der Waals surface area (Å²) in [6.45, 7) is 3.75. The van der Waals surface area contributed by atoms with Crippen LogP contribution in [0.1, 0.15) is 56.8 Å². The van der Waals surface area contributed by atoms with Crippen LogP contribution in [0.25, 0.3) is 0 Å². The molecule has 2 aliphatic heterocycles. The fourth-order valence-corrected chi connectivity index (χ4v) is 5.49. The summed E-state index contributed by atoms with van der Waals surface area (Å²) in [5.74, 6) is -0.653. The average Bonchev–Trinajstić information content (AvgIpc) is 3.01. The molecule has 8 nitrogen and oxygen atoms in total. The van der Waals surface area contributed by atoms with Crippen molar-refractivity contribution in [2.45, 2.75) is 32.0 Å². The third-order valence-corrected chi connectivity index (χ3v) is 8.08. The van der Waals surface area contributed by atoms with Gasteiger partial charge in [0.05, 0.1) is 0 Å². The standard InChI is InChI=1S/C21H21F3N2O3.C13H18N2O/c1-26-10-8-14(9-11-26)19(27)15-4-2-6-17(12-15)25-20(28)16-5-3-7-18(13-16)29-21(22,23)24;1-15-7-5-10(6-8-15)13(16)11-3-2-4-12(14)9-11/h2-7,12-14H,8-11H2,1H3,(H,25,28);2-4,9-10H,5-8,14H2,1H3. The van der Waals surface area contributed by atoms with Crippen LogP contribution < -0.4 is 15.8 Å². The molecule has 11 heteroatoms. The van der Waals surface area contributed by atoms with Crippen LogP contribution in [0.3, 0.4) is 0 Å². The van der Waals surface area contributed by atoms with Crippen LogP contribution in [-0.4, -0.2) is 73.9 Å². The summed E-state index contributed by atoms with van der Waals surface area (Å²) in [5, 5.41) is 2.62. The van der Waals surface area contributed by atoms with E-state index in [1.54, 1.807) is 30.3 Å². The van der Waals surface area contributed by atoms with Gasteiger partial charge in [0.15, 0.2) is 11.6 Å². The van der Waals surface area contributed by atoms with Crippen molar-refractivity contribution in [3.05, 3.63) is 89.5 Å². The smallest absolute Gasteiger partial charge is 0.406 e. The van der Waals surface area contributed by atoms with Crippen molar-refractivity contribution in [1.82, 2.24) is 9.80 Å². The second-order valence-electron chi connectivity index (χ2n) is 11.6. The summed E-state index contributed by atoms with van der Waals surface area (Å²) in [6.07, 6.45) is -1.33. The fraction of sp³-hybridized carbons (Fsp3) is 0.382. The van der Waals surface area contributed by atoms with E-state index in [9.17, 15) is 27.6 Å². The molecule has 3 aromatic rings. The Morgan fingerprint density at radius 1 is 0.733 bits per heavy atom. The van der Waals surface area contributed by atoms with E-state index < -0.39 is 18.0 Å². The molecule has 0 saturated carbocycles. The Morgan fingerprint density at radius 2 is 1.22 bits per heavy atom. The molecule has 0 spiro atoms. The van der Waals surface area contributed by atoms with Crippen molar-refractivity contribution in [3.63, 3.8) is 0 Å². The lowest BCUT2D eigenvalue weighted by atomic mass is 9.89. The van der Waals surface area contributed by atoms with Crippen molar-refractivity contribution in [2.24, 2.45) is 11.8 Å². The minimum absolute atomic E-state index is 0.0128. The number of hydrogen-bond acceptors (Lipinski definition) is 7. The maximum atomic E-state index is 12.7. The summed E-state index contributed by atoms with van der Waals surface area (Å²) in [7, 11) is 4.12. The number of nitrogens with one attached hydrogen (secondary N) is 1. The number of anilines is 2. The lowest BCUT2D eigenvalue weighted by Crippen LogP contribution is -2.33. The molecule has 1 amide bonds. The zero-order chi connectivity index (χ0) is 32.6. The molecule has 2 saturated heterocycles. The second-order valence-corrected chi connectivity index (χ2v) is 11.6. The van der Waals surface area contributed by atoms with E-state index in [0.29, 0.717) is 16.9 Å². The Labute approximate surface area is 261 Å². The zero-order valence-electron chi connectivity index (χ0n) is 25.5. The second kappa shape index (κ2) is 15.2. The van der Waals surface area contributed by atoms with Crippen molar-refractivity contribution < 1.29 is 32.3 Å². The molecule has 5 rings (SSSR count). The van der Waals surface area contributed by atoms with Crippen molar-refractivity contribution in [1.29, 1.82) is 0 Å². The highest BCUT2D eigenvalue weighted by Gasteiger charge is 2.31. The number of piperidine rings is 2. The Bertz CT molecular complexity index is 1480. The average molecular weight is 625 g/mol. The van der Waals surface area contributed by atoms with Gasteiger partial charge >= 0.3 is 6.36 Å². The Hall–Kier alpha value is -4.22. The number of halogens is 3. The quantitative estimate of drug-likeness (QED) is 0.240. The molecule has 0 atom stereocenters. The summed E-state index contributed by atoms with van der Waals surface area (Å²) in [6, 6.07) is 18.7. The number of rotatable bonds is 7. The van der Waals surface area contributed by atoms with Crippen molar-refractivity contribution in [2.75, 3.05) is 51.3 Å². The third-order valence-electron chi connectivity index (χ3n) is 8.08. The summed E-state index contributed by atoms with van der Waals surface area (Å²) in [5.41, 5.74) is 8.03. The van der Waals surface area contributed by atoms with Gasteiger partial charge < -0.3 is 25.6 Å². The van der Waals surface area contributed by atoms with Gasteiger partial charge in [0, 0.05) is 39.9 Å². The van der Waals surface area contributed by atoms with E-state index >= 15 is 0 Å². The van der Waals surface area contributed by atoms with Gasteiger partial charge in [-0.25, -0.2) is 0 Å². The maximum absolute atomic E-state index is 12.7. The molecular weight excluding hydrogens is 585 g/mol. The first kappa shape index (κ1) is 33.7. The minimum Gasteiger partial charge on any atom is -0.406 e. The predicted octanol–water partition coefficient (Wildman–Crippen LogP) is 6.16. The lowest BCUT2D eigenvalue weighted by molar-refractivity contribution is -0.274. The molecule has 0 bridgehead atoms. The number of nitrogens with two attached hydrogens (primary N) is 1. The number of Topliss-reactive ketones (excluding diaryl/α,β-unsaturated/α-hetero) is 2. The summed E-state index contributed by atoms with van der Waals surface area (Å²) < 4.78 is 40.9. The first-order valence-electron chi connectivity index (χ1n) is 15.0. The van der Waals surface area contributed by atoms with Crippen molar-refractivity contribution in [3.8, 4) is 5.75 Å². The van der Waals surface area contributed by atoms with Crippen LogP contribution >= 0.6 is 0 Å². The number of nitrogens with zero attached hydrogens (tertiary/aromatic N) is 2. The molecule has 45 heavy (non-hydrogen) atoms. The third kappa shape index (κ3) is 10.2. The molecule has 0 unspecified atom stereocenters. The lowest BCUT2D eigenvalue weighted by Gasteiger charge is -2.28. The van der Waals surface area contributed by atoms with E-state index in [4.69, 9.17) is 5.73 Å². The number of ether oxygens (including phenoxy) is 1. The molecule has 0 aromatic heterocycles. The number of benzene rings is 3. The van der Waals surface area contributed by atoms with E-state index in [1.165, 1.54) is 12.1 Å². The molecule has 0 aliphatic carbocycles. The highest BCUT2D eigenvalue weighted by atomic mass is 19.4. The fourth-order valence-electron chi connectivity index (χ4n) is 5.49. The number of amides is 1. The van der Waals surface area contributed by atoms with Crippen LogP contribution in [0.15, 0.2) is 72.8 Å². The largest absolute Gasteiger partial charge is 0.573 e. The van der Waals surface area contributed by atoms with Gasteiger partial charge in [-0.05, 0) is 108 Å².